The average Bonchev–Trinajstić information content (AvgIpc) is 2.36. The molecule has 5 heteroatoms. The molecule has 0 amide bonds. The summed E-state index contributed by atoms with van der Waals surface area (Å²) in [5.41, 5.74) is 10.6. The maximum absolute atomic E-state index is 11.6. The molecule has 2 aromatic rings. The molecule has 0 heterocycles. The largest absolute Gasteiger partial charge is 0.397 e. The van der Waals surface area contributed by atoms with Crippen molar-refractivity contribution >= 4 is 26.9 Å². The molecule has 112 valence electrons. The van der Waals surface area contributed by atoms with Gasteiger partial charge in [-0.2, -0.15) is 0 Å². The van der Waals surface area contributed by atoms with Gasteiger partial charge in [0.2, 0.25) is 0 Å². The Bertz CT molecular complexity index is 783. The maximum atomic E-state index is 11.6. The summed E-state index contributed by atoms with van der Waals surface area (Å²) in [5, 5.41) is 0. The molecule has 2 N–H and O–H groups in total. The number of nitrogens with two attached hydrogens (primary N) is 1. The lowest BCUT2D eigenvalue weighted by Gasteiger charge is -2.23. The number of rotatable bonds is 3. The standard InChI is InChI=1S/C16H20N2O2S/c1-11-5-7-15(12(2)9-11)18(3)16-8-6-13(10-14(16)17)21(4,19)20/h5-10H,17H2,1-4H3. The Balaban J connectivity index is 2.47. The van der Waals surface area contributed by atoms with E-state index in [4.69, 9.17) is 5.73 Å². The second kappa shape index (κ2) is 5.41. The lowest BCUT2D eigenvalue weighted by Crippen LogP contribution is -2.13. The van der Waals surface area contributed by atoms with Crippen LogP contribution in [0.4, 0.5) is 17.1 Å². The van der Waals surface area contributed by atoms with Crippen molar-refractivity contribution in [3.8, 4) is 0 Å². The first-order chi connectivity index (χ1) is 9.70. The molecule has 0 aliphatic heterocycles. The Morgan fingerprint density at radius 2 is 1.62 bits per heavy atom. The van der Waals surface area contributed by atoms with Gasteiger partial charge in [0.05, 0.1) is 16.3 Å². The second-order valence-electron chi connectivity index (χ2n) is 5.34. The SMILES string of the molecule is Cc1ccc(N(C)c2ccc(S(C)(=O)=O)cc2N)c(C)c1. The minimum absolute atomic E-state index is 0.234. The van der Waals surface area contributed by atoms with Crippen LogP contribution in [0, 0.1) is 13.8 Å². The minimum atomic E-state index is -3.24. The van der Waals surface area contributed by atoms with Crippen molar-refractivity contribution in [2.45, 2.75) is 18.7 Å². The zero-order valence-corrected chi connectivity index (χ0v) is 13.5. The van der Waals surface area contributed by atoms with Crippen LogP contribution in [0.25, 0.3) is 0 Å². The number of benzene rings is 2. The molecule has 0 aliphatic rings. The van der Waals surface area contributed by atoms with Crippen molar-refractivity contribution in [1.82, 2.24) is 0 Å². The number of hydrogen-bond donors (Lipinski definition) is 1. The molecule has 0 bridgehead atoms. The summed E-state index contributed by atoms with van der Waals surface area (Å²) < 4.78 is 23.1. The lowest BCUT2D eigenvalue weighted by molar-refractivity contribution is 0.602. The van der Waals surface area contributed by atoms with E-state index in [1.165, 1.54) is 17.9 Å². The van der Waals surface area contributed by atoms with Crippen LogP contribution in [-0.4, -0.2) is 21.7 Å². The van der Waals surface area contributed by atoms with E-state index in [9.17, 15) is 8.42 Å². The minimum Gasteiger partial charge on any atom is -0.397 e. The summed E-state index contributed by atoms with van der Waals surface area (Å²) >= 11 is 0. The highest BCUT2D eigenvalue weighted by molar-refractivity contribution is 7.90. The van der Waals surface area contributed by atoms with Crippen LogP contribution in [0.1, 0.15) is 11.1 Å². The molecule has 0 radical (unpaired) electrons. The van der Waals surface area contributed by atoms with Crippen LogP contribution in [0.5, 0.6) is 0 Å². The third-order valence-corrected chi connectivity index (χ3v) is 4.61. The van der Waals surface area contributed by atoms with Crippen LogP contribution in [0.15, 0.2) is 41.3 Å². The van der Waals surface area contributed by atoms with Gasteiger partial charge in [-0.05, 0) is 43.7 Å². The highest BCUT2D eigenvalue weighted by Crippen LogP contribution is 2.32. The van der Waals surface area contributed by atoms with Crippen molar-refractivity contribution in [2.75, 3.05) is 23.9 Å². The van der Waals surface area contributed by atoms with Crippen molar-refractivity contribution in [3.63, 3.8) is 0 Å². The van der Waals surface area contributed by atoms with Gasteiger partial charge in [-0.25, -0.2) is 8.42 Å². The molecule has 0 aromatic heterocycles. The van der Waals surface area contributed by atoms with Gasteiger partial charge in [-0.15, -0.1) is 0 Å². The molecule has 0 spiro atoms. The molecule has 0 saturated heterocycles. The highest BCUT2D eigenvalue weighted by atomic mass is 32.2. The zero-order chi connectivity index (χ0) is 15.8. The Hall–Kier alpha value is -2.01. The fourth-order valence-corrected chi connectivity index (χ4v) is 3.04. The Kier molecular flexibility index (Phi) is 3.96. The zero-order valence-electron chi connectivity index (χ0n) is 12.7. The molecule has 0 atom stereocenters. The van der Waals surface area contributed by atoms with E-state index in [1.54, 1.807) is 12.1 Å². The smallest absolute Gasteiger partial charge is 0.175 e. The molecule has 2 rings (SSSR count). The predicted molar refractivity (Wildman–Crippen MR) is 87.9 cm³/mol. The van der Waals surface area contributed by atoms with Crippen LogP contribution < -0.4 is 10.6 Å². The van der Waals surface area contributed by atoms with Crippen LogP contribution in [0.3, 0.4) is 0 Å². The summed E-state index contributed by atoms with van der Waals surface area (Å²) in [6.07, 6.45) is 1.18. The Morgan fingerprint density at radius 3 is 2.14 bits per heavy atom. The first-order valence-electron chi connectivity index (χ1n) is 6.60. The summed E-state index contributed by atoms with van der Waals surface area (Å²) in [5.74, 6) is 0. The van der Waals surface area contributed by atoms with E-state index >= 15 is 0 Å². The second-order valence-corrected chi connectivity index (χ2v) is 7.36. The molecular weight excluding hydrogens is 284 g/mol. The molecule has 21 heavy (non-hydrogen) atoms. The number of nitrogen functional groups attached to an aromatic ring is 1. The quantitative estimate of drug-likeness (QED) is 0.885. The van der Waals surface area contributed by atoms with Gasteiger partial charge in [-0.1, -0.05) is 17.7 Å². The molecule has 4 nitrogen and oxygen atoms in total. The normalized spacial score (nSPS) is 11.4. The summed E-state index contributed by atoms with van der Waals surface area (Å²) in [6, 6.07) is 11.0. The Morgan fingerprint density at radius 1 is 1.00 bits per heavy atom. The van der Waals surface area contributed by atoms with Crippen molar-refractivity contribution in [2.24, 2.45) is 0 Å². The van der Waals surface area contributed by atoms with Gasteiger partial charge in [0, 0.05) is 19.0 Å². The van der Waals surface area contributed by atoms with Gasteiger partial charge < -0.3 is 10.6 Å². The summed E-state index contributed by atoms with van der Waals surface area (Å²) in [7, 11) is -1.32. The Labute approximate surface area is 126 Å². The fraction of sp³-hybridized carbons (Fsp3) is 0.250. The van der Waals surface area contributed by atoms with Crippen LogP contribution >= 0.6 is 0 Å². The van der Waals surface area contributed by atoms with E-state index < -0.39 is 9.84 Å². The molecule has 0 unspecified atom stereocenters. The van der Waals surface area contributed by atoms with Gasteiger partial charge in [-0.3, -0.25) is 0 Å². The van der Waals surface area contributed by atoms with E-state index in [-0.39, 0.29) is 4.90 Å². The van der Waals surface area contributed by atoms with E-state index in [0.717, 1.165) is 16.9 Å². The number of nitrogens with zero attached hydrogens (tertiary/aromatic N) is 1. The highest BCUT2D eigenvalue weighted by Gasteiger charge is 2.13. The van der Waals surface area contributed by atoms with E-state index in [2.05, 4.69) is 6.07 Å². The fourth-order valence-electron chi connectivity index (χ4n) is 2.38. The number of hydrogen-bond acceptors (Lipinski definition) is 4. The number of sulfone groups is 1. The molecule has 2 aromatic carbocycles. The molecule has 0 aliphatic carbocycles. The number of anilines is 3. The monoisotopic (exact) mass is 304 g/mol. The maximum Gasteiger partial charge on any atom is 0.175 e. The third kappa shape index (κ3) is 3.19. The molecule has 0 saturated carbocycles. The van der Waals surface area contributed by atoms with E-state index in [0.29, 0.717) is 5.69 Å². The topological polar surface area (TPSA) is 63.4 Å². The number of aryl methyl sites for hydroxylation is 2. The van der Waals surface area contributed by atoms with E-state index in [1.807, 2.05) is 37.9 Å². The molecule has 0 fully saturated rings. The summed E-state index contributed by atoms with van der Waals surface area (Å²) in [4.78, 5) is 2.20. The lowest BCUT2D eigenvalue weighted by atomic mass is 10.1. The van der Waals surface area contributed by atoms with Crippen molar-refractivity contribution in [3.05, 3.63) is 47.5 Å². The third-order valence-electron chi connectivity index (χ3n) is 3.50. The summed E-state index contributed by atoms with van der Waals surface area (Å²) in [6.45, 7) is 4.09. The molecular formula is C16H20N2O2S. The van der Waals surface area contributed by atoms with Crippen molar-refractivity contribution < 1.29 is 8.42 Å². The van der Waals surface area contributed by atoms with Gasteiger partial charge >= 0.3 is 0 Å². The van der Waals surface area contributed by atoms with Gasteiger partial charge in [0.15, 0.2) is 9.84 Å². The van der Waals surface area contributed by atoms with Crippen LogP contribution in [0.2, 0.25) is 0 Å². The van der Waals surface area contributed by atoms with Crippen molar-refractivity contribution in [1.29, 1.82) is 0 Å². The first-order valence-corrected chi connectivity index (χ1v) is 8.50. The van der Waals surface area contributed by atoms with Gasteiger partial charge in [0.25, 0.3) is 0 Å². The van der Waals surface area contributed by atoms with Gasteiger partial charge in [0.1, 0.15) is 0 Å². The first kappa shape index (κ1) is 15.4. The predicted octanol–water partition coefficient (Wildman–Crippen LogP) is 3.06. The average molecular weight is 304 g/mol. The van der Waals surface area contributed by atoms with Crippen LogP contribution in [-0.2, 0) is 9.84 Å².